The van der Waals surface area contributed by atoms with Crippen LogP contribution in [-0.2, 0) is 18.9 Å². The molecule has 0 aliphatic heterocycles. The van der Waals surface area contributed by atoms with Crippen molar-refractivity contribution in [1.82, 2.24) is 9.80 Å². The molecule has 4 aromatic rings. The Bertz CT molecular complexity index is 1220. The van der Waals surface area contributed by atoms with Crippen molar-refractivity contribution >= 4 is 0 Å². The predicted octanol–water partition coefficient (Wildman–Crippen LogP) is 4.59. The zero-order chi connectivity index (χ0) is 36.6. The smallest absolute Gasteiger partial charge is 0.0952 e. The van der Waals surface area contributed by atoms with Gasteiger partial charge in [-0.05, 0) is 22.3 Å². The van der Waals surface area contributed by atoms with Gasteiger partial charge >= 0.3 is 0 Å². The summed E-state index contributed by atoms with van der Waals surface area (Å²) in [6, 6.07) is 40.1. The molecule has 4 aromatic carbocycles. The second-order valence-electron chi connectivity index (χ2n) is 12.5. The lowest BCUT2D eigenvalue weighted by Crippen LogP contribution is -2.43. The van der Waals surface area contributed by atoms with E-state index in [1.54, 1.807) is 0 Å². The minimum Gasteiger partial charge on any atom is -0.394 e. The van der Waals surface area contributed by atoms with Crippen molar-refractivity contribution in [2.75, 3.05) is 92.1 Å². The summed E-state index contributed by atoms with van der Waals surface area (Å²) in [7, 11) is 0. The Balaban J connectivity index is 1.67. The van der Waals surface area contributed by atoms with Crippen LogP contribution in [0.4, 0.5) is 0 Å². The Morgan fingerprint density at radius 1 is 0.346 bits per heavy atom. The molecule has 4 atom stereocenters. The molecular formula is C42H56N2O8. The fourth-order valence-corrected chi connectivity index (χ4v) is 6.20. The highest BCUT2D eigenvalue weighted by atomic mass is 16.5. The van der Waals surface area contributed by atoms with Crippen LogP contribution in [-0.4, -0.2) is 122 Å². The lowest BCUT2D eigenvalue weighted by Gasteiger charge is -2.35. The van der Waals surface area contributed by atoms with Gasteiger partial charge in [0.15, 0.2) is 0 Å². The van der Waals surface area contributed by atoms with Crippen molar-refractivity contribution < 1.29 is 39.4 Å². The topological polar surface area (TPSA) is 124 Å². The molecule has 0 fully saturated rings. The Morgan fingerprint density at radius 3 is 0.750 bits per heavy atom. The third-order valence-electron chi connectivity index (χ3n) is 8.76. The second kappa shape index (κ2) is 24.7. The van der Waals surface area contributed by atoms with Gasteiger partial charge in [0.2, 0.25) is 0 Å². The normalized spacial score (nSPS) is 14.0. The molecule has 0 aromatic heterocycles. The monoisotopic (exact) mass is 716 g/mol. The van der Waals surface area contributed by atoms with E-state index in [0.717, 1.165) is 22.3 Å². The van der Waals surface area contributed by atoms with Crippen molar-refractivity contribution in [3.8, 4) is 0 Å². The van der Waals surface area contributed by atoms with Crippen LogP contribution in [0.15, 0.2) is 121 Å². The number of aliphatic hydroxyl groups excluding tert-OH is 4. The number of benzene rings is 4. The molecule has 4 unspecified atom stereocenters. The summed E-state index contributed by atoms with van der Waals surface area (Å²) in [6.45, 7) is 3.75. The third-order valence-corrected chi connectivity index (χ3v) is 8.76. The summed E-state index contributed by atoms with van der Waals surface area (Å²) >= 11 is 0. The van der Waals surface area contributed by atoms with Crippen molar-refractivity contribution in [3.63, 3.8) is 0 Å². The van der Waals surface area contributed by atoms with Crippen LogP contribution in [0.2, 0.25) is 0 Å². The van der Waals surface area contributed by atoms with Crippen LogP contribution >= 0.6 is 0 Å². The summed E-state index contributed by atoms with van der Waals surface area (Å²) in [6.07, 6.45) is -1.26. The molecule has 0 bridgehead atoms. The van der Waals surface area contributed by atoms with Gasteiger partial charge in [-0.3, -0.25) is 9.80 Å². The van der Waals surface area contributed by atoms with Crippen LogP contribution in [0.3, 0.4) is 0 Å². The molecule has 0 saturated carbocycles. The summed E-state index contributed by atoms with van der Waals surface area (Å²) in [5, 5.41) is 38.8. The van der Waals surface area contributed by atoms with Crippen molar-refractivity contribution in [1.29, 1.82) is 0 Å². The molecule has 282 valence electrons. The lowest BCUT2D eigenvalue weighted by atomic mass is 10.1. The maximum atomic E-state index is 9.70. The van der Waals surface area contributed by atoms with Gasteiger partial charge < -0.3 is 39.4 Å². The van der Waals surface area contributed by atoms with Gasteiger partial charge in [0, 0.05) is 39.3 Å². The van der Waals surface area contributed by atoms with Crippen molar-refractivity contribution in [2.24, 2.45) is 0 Å². The molecule has 0 amide bonds. The van der Waals surface area contributed by atoms with Gasteiger partial charge in [-0.25, -0.2) is 0 Å². The van der Waals surface area contributed by atoms with E-state index in [1.165, 1.54) is 0 Å². The first-order valence-electron chi connectivity index (χ1n) is 18.2. The number of hydrogen-bond acceptors (Lipinski definition) is 10. The molecule has 0 saturated heterocycles. The minimum absolute atomic E-state index is 0.0905. The van der Waals surface area contributed by atoms with Gasteiger partial charge in [-0.1, -0.05) is 121 Å². The van der Waals surface area contributed by atoms with E-state index in [9.17, 15) is 20.4 Å². The van der Waals surface area contributed by atoms with E-state index < -0.39 is 0 Å². The fourth-order valence-electron chi connectivity index (χ4n) is 6.20. The zero-order valence-corrected chi connectivity index (χ0v) is 30.1. The van der Waals surface area contributed by atoms with Gasteiger partial charge in [0.1, 0.15) is 0 Å². The quantitative estimate of drug-likeness (QED) is 0.0697. The minimum atomic E-state index is -0.314. The standard InChI is InChI=1S/C42H56N2O8/c45-23-27-49-39(35-13-5-1-6-14-35)31-43(32-40(50-28-24-46)36-15-7-2-8-16-36)21-22-44(33-41(51-29-25-47)37-17-9-3-10-18-37)34-42(52-30-26-48)38-19-11-4-12-20-38/h1-20,39-42,45-48H,21-34H2. The summed E-state index contributed by atoms with van der Waals surface area (Å²) in [4.78, 5) is 4.63. The third kappa shape index (κ3) is 14.5. The van der Waals surface area contributed by atoms with Gasteiger partial charge in [0.05, 0.1) is 77.3 Å². The van der Waals surface area contributed by atoms with Crippen LogP contribution in [0.25, 0.3) is 0 Å². The number of ether oxygens (including phenoxy) is 4. The average Bonchev–Trinajstić information content (AvgIpc) is 3.20. The molecule has 0 aliphatic rings. The average molecular weight is 717 g/mol. The molecule has 0 aliphatic carbocycles. The molecule has 4 rings (SSSR count). The highest BCUT2D eigenvalue weighted by molar-refractivity contribution is 5.21. The number of rotatable bonds is 27. The molecule has 10 heteroatoms. The Hall–Kier alpha value is -3.52. The summed E-state index contributed by atoms with van der Waals surface area (Å²) in [5.74, 6) is 0. The molecule has 10 nitrogen and oxygen atoms in total. The lowest BCUT2D eigenvalue weighted by molar-refractivity contribution is -0.0355. The van der Waals surface area contributed by atoms with Crippen molar-refractivity contribution in [2.45, 2.75) is 24.4 Å². The molecule has 0 spiro atoms. The van der Waals surface area contributed by atoms with Crippen LogP contribution in [0.1, 0.15) is 46.7 Å². The van der Waals surface area contributed by atoms with Crippen LogP contribution < -0.4 is 0 Å². The number of hydrogen-bond donors (Lipinski definition) is 4. The molecule has 0 heterocycles. The van der Waals surface area contributed by atoms with Crippen LogP contribution in [0, 0.1) is 0 Å². The fraction of sp³-hybridized carbons (Fsp3) is 0.429. The molecule has 52 heavy (non-hydrogen) atoms. The maximum Gasteiger partial charge on any atom is 0.0952 e. The molecule has 4 N–H and O–H groups in total. The maximum absolute atomic E-state index is 9.70. The molecular weight excluding hydrogens is 660 g/mol. The molecule has 0 radical (unpaired) electrons. The first-order chi connectivity index (χ1) is 25.6. The Kier molecular flexibility index (Phi) is 19.6. The predicted molar refractivity (Wildman–Crippen MR) is 202 cm³/mol. The Morgan fingerprint density at radius 2 is 0.558 bits per heavy atom. The SMILES string of the molecule is OCCOC(CN(CCN(CC(OCCO)c1ccccc1)CC(OCCO)c1ccccc1)CC(OCCO)c1ccccc1)c1ccccc1. The van der Waals surface area contributed by atoms with Crippen molar-refractivity contribution in [3.05, 3.63) is 144 Å². The summed E-state index contributed by atoms with van der Waals surface area (Å²) < 4.78 is 25.0. The van der Waals surface area contributed by atoms with Gasteiger partial charge in [-0.15, -0.1) is 0 Å². The Labute approximate surface area is 308 Å². The largest absolute Gasteiger partial charge is 0.394 e. The van der Waals surface area contributed by atoms with E-state index >= 15 is 0 Å². The number of nitrogens with zero attached hydrogens (tertiary/aromatic N) is 2. The number of aliphatic hydroxyl groups is 4. The second-order valence-corrected chi connectivity index (χ2v) is 12.5. The highest BCUT2D eigenvalue weighted by Gasteiger charge is 2.26. The highest BCUT2D eigenvalue weighted by Crippen LogP contribution is 2.26. The van der Waals surface area contributed by atoms with Gasteiger partial charge in [-0.2, -0.15) is 0 Å². The van der Waals surface area contributed by atoms with Gasteiger partial charge in [0.25, 0.3) is 0 Å². The first kappa shape index (κ1) is 41.2. The van der Waals surface area contributed by atoms with Crippen LogP contribution in [0.5, 0.6) is 0 Å². The van der Waals surface area contributed by atoms with E-state index in [0.29, 0.717) is 39.3 Å². The van der Waals surface area contributed by atoms with E-state index in [1.807, 2.05) is 121 Å². The van der Waals surface area contributed by atoms with E-state index in [4.69, 9.17) is 18.9 Å². The van der Waals surface area contributed by atoms with E-state index in [2.05, 4.69) is 9.80 Å². The first-order valence-corrected chi connectivity index (χ1v) is 18.2. The summed E-state index contributed by atoms with van der Waals surface area (Å²) in [5.41, 5.74) is 4.03. The zero-order valence-electron chi connectivity index (χ0n) is 30.1. The van der Waals surface area contributed by atoms with E-state index in [-0.39, 0.29) is 77.3 Å².